The minimum absolute atomic E-state index is 0.158. The van der Waals surface area contributed by atoms with Crippen molar-refractivity contribution in [3.8, 4) is 0 Å². The first-order chi connectivity index (χ1) is 12.4. The SMILES string of the molecule is CN1CCNC(c2ccc(F)cc2)(C2CCc3cccc(Cl)c32)C1(C)C. The molecule has 2 aliphatic rings. The molecule has 2 aromatic rings. The van der Waals surface area contributed by atoms with Gasteiger partial charge in [-0.2, -0.15) is 0 Å². The van der Waals surface area contributed by atoms with Crippen LogP contribution in [-0.4, -0.2) is 30.6 Å². The first-order valence-electron chi connectivity index (χ1n) is 9.37. The van der Waals surface area contributed by atoms with Gasteiger partial charge in [0.2, 0.25) is 0 Å². The van der Waals surface area contributed by atoms with Crippen LogP contribution in [-0.2, 0) is 12.0 Å². The lowest BCUT2D eigenvalue weighted by molar-refractivity contribution is -0.0141. The van der Waals surface area contributed by atoms with Crippen molar-refractivity contribution in [3.05, 3.63) is 70.0 Å². The molecule has 2 aromatic carbocycles. The largest absolute Gasteiger partial charge is 0.304 e. The standard InChI is InChI=1S/C22H26ClFN2/c1-21(2)22(25-13-14-26(21)3,16-8-10-17(24)11-9-16)18-12-7-15-5-4-6-19(23)20(15)18/h4-6,8-11,18,25H,7,12-14H2,1-3H3. The fourth-order valence-electron chi connectivity index (χ4n) is 5.20. The van der Waals surface area contributed by atoms with Gasteiger partial charge in [0.1, 0.15) is 5.82 Å². The third-order valence-electron chi connectivity index (χ3n) is 6.79. The van der Waals surface area contributed by atoms with Crippen molar-refractivity contribution in [1.82, 2.24) is 10.2 Å². The number of hydrogen-bond acceptors (Lipinski definition) is 2. The third-order valence-corrected chi connectivity index (χ3v) is 7.12. The van der Waals surface area contributed by atoms with Crippen molar-refractivity contribution in [2.24, 2.45) is 0 Å². The van der Waals surface area contributed by atoms with Crippen LogP contribution in [0.4, 0.5) is 4.39 Å². The molecule has 0 radical (unpaired) electrons. The number of likely N-dealkylation sites (N-methyl/N-ethyl adjacent to an activating group) is 1. The average Bonchev–Trinajstić information content (AvgIpc) is 3.04. The molecule has 1 aliphatic carbocycles. The summed E-state index contributed by atoms with van der Waals surface area (Å²) in [4.78, 5) is 2.42. The molecule has 26 heavy (non-hydrogen) atoms. The summed E-state index contributed by atoms with van der Waals surface area (Å²) in [7, 11) is 2.18. The molecular formula is C22H26ClFN2. The molecule has 2 atom stereocenters. The zero-order valence-electron chi connectivity index (χ0n) is 15.7. The lowest BCUT2D eigenvalue weighted by Gasteiger charge is -2.59. The molecule has 1 N–H and O–H groups in total. The van der Waals surface area contributed by atoms with Gasteiger partial charge in [0, 0.05) is 29.6 Å². The second-order valence-corrected chi connectivity index (χ2v) is 8.53. The highest BCUT2D eigenvalue weighted by Gasteiger charge is 2.57. The molecule has 0 amide bonds. The third kappa shape index (κ3) is 2.45. The maximum absolute atomic E-state index is 13.7. The van der Waals surface area contributed by atoms with Gasteiger partial charge in [0.05, 0.1) is 5.54 Å². The maximum Gasteiger partial charge on any atom is 0.123 e. The number of hydrogen-bond donors (Lipinski definition) is 1. The number of rotatable bonds is 2. The van der Waals surface area contributed by atoms with E-state index in [0.29, 0.717) is 0 Å². The summed E-state index contributed by atoms with van der Waals surface area (Å²) in [6.07, 6.45) is 2.08. The van der Waals surface area contributed by atoms with E-state index in [-0.39, 0.29) is 22.8 Å². The van der Waals surface area contributed by atoms with E-state index in [2.05, 4.69) is 37.2 Å². The molecule has 2 nitrogen and oxygen atoms in total. The van der Waals surface area contributed by atoms with Crippen LogP contribution >= 0.6 is 11.6 Å². The summed E-state index contributed by atoms with van der Waals surface area (Å²) in [5, 5.41) is 4.72. The van der Waals surface area contributed by atoms with Crippen LogP contribution < -0.4 is 5.32 Å². The monoisotopic (exact) mass is 372 g/mol. The minimum Gasteiger partial charge on any atom is -0.304 e. The van der Waals surface area contributed by atoms with Gasteiger partial charge in [-0.15, -0.1) is 0 Å². The van der Waals surface area contributed by atoms with E-state index in [0.717, 1.165) is 36.5 Å². The fourth-order valence-corrected chi connectivity index (χ4v) is 5.53. The zero-order valence-corrected chi connectivity index (χ0v) is 16.4. The van der Waals surface area contributed by atoms with E-state index in [1.54, 1.807) is 12.1 Å². The topological polar surface area (TPSA) is 15.3 Å². The fraction of sp³-hybridized carbons (Fsp3) is 0.455. The Labute approximate surface area is 160 Å². The number of nitrogens with one attached hydrogen (secondary N) is 1. The molecule has 0 saturated carbocycles. The first kappa shape index (κ1) is 18.0. The number of piperazine rings is 1. The zero-order chi connectivity index (χ0) is 18.5. The lowest BCUT2D eigenvalue weighted by atomic mass is 9.62. The Morgan fingerprint density at radius 1 is 1.15 bits per heavy atom. The number of halogens is 2. The number of benzene rings is 2. The molecule has 1 aliphatic heterocycles. The number of nitrogens with zero attached hydrogens (tertiary/aromatic N) is 1. The van der Waals surface area contributed by atoms with Crippen LogP contribution in [0.25, 0.3) is 0 Å². The van der Waals surface area contributed by atoms with Gasteiger partial charge < -0.3 is 5.32 Å². The van der Waals surface area contributed by atoms with Crippen LogP contribution in [0.5, 0.6) is 0 Å². The Balaban J connectivity index is 1.95. The van der Waals surface area contributed by atoms with Crippen molar-refractivity contribution in [1.29, 1.82) is 0 Å². The highest BCUT2D eigenvalue weighted by molar-refractivity contribution is 6.31. The van der Waals surface area contributed by atoms with E-state index >= 15 is 0 Å². The summed E-state index contributed by atoms with van der Waals surface area (Å²) in [5.74, 6) is 0.0464. The molecule has 1 fully saturated rings. The van der Waals surface area contributed by atoms with E-state index in [9.17, 15) is 4.39 Å². The second-order valence-electron chi connectivity index (χ2n) is 8.13. The summed E-state index contributed by atoms with van der Waals surface area (Å²) >= 11 is 6.69. The van der Waals surface area contributed by atoms with Gasteiger partial charge >= 0.3 is 0 Å². The number of aryl methyl sites for hydroxylation is 1. The number of fused-ring (bicyclic) bond motifs is 1. The van der Waals surface area contributed by atoms with Gasteiger partial charge in [-0.1, -0.05) is 35.9 Å². The van der Waals surface area contributed by atoms with E-state index < -0.39 is 0 Å². The van der Waals surface area contributed by atoms with Gasteiger partial charge in [0.15, 0.2) is 0 Å². The van der Waals surface area contributed by atoms with Crippen molar-refractivity contribution in [2.75, 3.05) is 20.1 Å². The maximum atomic E-state index is 13.7. The highest BCUT2D eigenvalue weighted by Crippen LogP contribution is 2.54. The lowest BCUT2D eigenvalue weighted by Crippen LogP contribution is -2.71. The molecular weight excluding hydrogens is 347 g/mol. The Bertz CT molecular complexity index is 817. The summed E-state index contributed by atoms with van der Waals surface area (Å²) < 4.78 is 13.7. The molecule has 4 heteroatoms. The van der Waals surface area contributed by atoms with Crippen molar-refractivity contribution < 1.29 is 4.39 Å². The second kappa shape index (κ2) is 6.33. The summed E-state index contributed by atoms with van der Waals surface area (Å²) in [5.41, 5.74) is 3.25. The molecule has 0 aromatic heterocycles. The summed E-state index contributed by atoms with van der Waals surface area (Å²) in [6, 6.07) is 13.3. The first-order valence-corrected chi connectivity index (χ1v) is 9.75. The summed E-state index contributed by atoms with van der Waals surface area (Å²) in [6.45, 7) is 6.46. The minimum atomic E-state index is -0.329. The Morgan fingerprint density at radius 2 is 1.88 bits per heavy atom. The van der Waals surface area contributed by atoms with Crippen molar-refractivity contribution >= 4 is 11.6 Å². The van der Waals surface area contributed by atoms with Crippen LogP contribution in [0.1, 0.15) is 42.9 Å². The molecule has 2 unspecified atom stereocenters. The molecule has 0 spiro atoms. The Hall–Kier alpha value is -1.42. The van der Waals surface area contributed by atoms with E-state index in [1.165, 1.54) is 11.1 Å². The Morgan fingerprint density at radius 3 is 2.62 bits per heavy atom. The molecule has 1 heterocycles. The van der Waals surface area contributed by atoms with E-state index in [4.69, 9.17) is 11.6 Å². The van der Waals surface area contributed by atoms with Gasteiger partial charge in [-0.25, -0.2) is 4.39 Å². The van der Waals surface area contributed by atoms with Crippen molar-refractivity contribution in [2.45, 2.75) is 43.7 Å². The van der Waals surface area contributed by atoms with Gasteiger partial charge in [0.25, 0.3) is 0 Å². The van der Waals surface area contributed by atoms with Crippen molar-refractivity contribution in [3.63, 3.8) is 0 Å². The van der Waals surface area contributed by atoms with Crippen LogP contribution in [0.3, 0.4) is 0 Å². The van der Waals surface area contributed by atoms with E-state index in [1.807, 2.05) is 24.3 Å². The van der Waals surface area contributed by atoms with Gasteiger partial charge in [-0.3, -0.25) is 4.90 Å². The van der Waals surface area contributed by atoms with Crippen LogP contribution in [0.15, 0.2) is 42.5 Å². The molecule has 4 rings (SSSR count). The average molecular weight is 373 g/mol. The molecule has 138 valence electrons. The van der Waals surface area contributed by atoms with Crippen LogP contribution in [0.2, 0.25) is 5.02 Å². The van der Waals surface area contributed by atoms with Gasteiger partial charge in [-0.05, 0) is 68.6 Å². The highest BCUT2D eigenvalue weighted by atomic mass is 35.5. The Kier molecular flexibility index (Phi) is 4.37. The predicted octanol–water partition coefficient (Wildman–Crippen LogP) is 4.72. The smallest absolute Gasteiger partial charge is 0.123 e. The molecule has 0 bridgehead atoms. The normalized spacial score (nSPS) is 28.1. The predicted molar refractivity (Wildman–Crippen MR) is 105 cm³/mol. The van der Waals surface area contributed by atoms with Crippen LogP contribution in [0, 0.1) is 5.82 Å². The molecule has 1 saturated heterocycles. The quantitative estimate of drug-likeness (QED) is 0.820.